The van der Waals surface area contributed by atoms with Crippen LogP contribution in [0.4, 0.5) is 4.79 Å². The van der Waals surface area contributed by atoms with E-state index in [1.165, 1.54) is 13.0 Å². The second-order valence-corrected chi connectivity index (χ2v) is 26.0. The van der Waals surface area contributed by atoms with Crippen molar-refractivity contribution in [2.75, 3.05) is 78.5 Å². The first-order valence-electron chi connectivity index (χ1n) is 33.2. The highest BCUT2D eigenvalue weighted by Crippen LogP contribution is 2.25. The Balaban J connectivity index is 1.58. The minimum Gasteiger partial charge on any atom is -0.507 e. The number of carboxylic acid groups (broad SMARTS) is 7. The Kier molecular flexibility index (Phi) is 39.8. The Morgan fingerprint density at radius 2 is 1.01 bits per heavy atom. The van der Waals surface area contributed by atoms with Gasteiger partial charge < -0.3 is 62.1 Å². The first kappa shape index (κ1) is 84.2. The van der Waals surface area contributed by atoms with Crippen molar-refractivity contribution in [3.05, 3.63) is 63.2 Å². The molecule has 1 heterocycles. The third kappa shape index (κ3) is 36.0. The van der Waals surface area contributed by atoms with Gasteiger partial charge in [-0.1, -0.05) is 62.1 Å². The molecule has 0 aromatic heterocycles. The lowest BCUT2D eigenvalue weighted by atomic mass is 9.89. The van der Waals surface area contributed by atoms with Gasteiger partial charge in [0.15, 0.2) is 5.78 Å². The molecule has 2 aromatic rings. The maximum absolute atomic E-state index is 14.6. The lowest BCUT2D eigenvalue weighted by Crippen LogP contribution is -2.51. The van der Waals surface area contributed by atoms with Crippen LogP contribution in [-0.2, 0) is 75.2 Å². The van der Waals surface area contributed by atoms with Crippen molar-refractivity contribution in [3.8, 4) is 5.75 Å². The number of aliphatic carboxylic acids is 7. The van der Waals surface area contributed by atoms with Crippen LogP contribution < -0.4 is 21.3 Å². The molecule has 12 N–H and O–H groups in total. The number of rotatable bonds is 48. The number of amides is 4. The summed E-state index contributed by atoms with van der Waals surface area (Å²) < 4.78 is 0.453. The van der Waals surface area contributed by atoms with Crippen molar-refractivity contribution >= 4 is 105 Å². The number of carbonyl (C=O) groups is 14. The fourth-order valence-corrected chi connectivity index (χ4v) is 12.0. The molecule has 1 unspecified atom stereocenters. The number of hydrogen-bond donors (Lipinski definition) is 12. The molecule has 98 heavy (non-hydrogen) atoms. The van der Waals surface area contributed by atoms with E-state index in [1.807, 2.05) is 27.5 Å². The van der Waals surface area contributed by atoms with Gasteiger partial charge in [-0.25, -0.2) is 14.4 Å². The number of Topliss-reactive ketones (excluding diaryl/α,β-unsaturated/α-hetero) is 4. The van der Waals surface area contributed by atoms with Gasteiger partial charge in [-0.05, 0) is 123 Å². The van der Waals surface area contributed by atoms with Crippen LogP contribution in [0.3, 0.4) is 0 Å². The van der Waals surface area contributed by atoms with E-state index in [-0.39, 0.29) is 153 Å². The van der Waals surface area contributed by atoms with E-state index in [0.717, 1.165) is 0 Å². The van der Waals surface area contributed by atoms with Crippen LogP contribution in [0.2, 0.25) is 0 Å². The van der Waals surface area contributed by atoms with Crippen molar-refractivity contribution in [2.45, 2.75) is 172 Å². The molecule has 2 aromatic carbocycles. The van der Waals surface area contributed by atoms with Gasteiger partial charge >= 0.3 is 47.8 Å². The molecule has 0 spiro atoms. The molecule has 1 saturated heterocycles. The minimum absolute atomic E-state index is 0.0174. The smallest absolute Gasteiger partial charge is 0.326 e. The Morgan fingerprint density at radius 1 is 0.469 bits per heavy atom. The van der Waals surface area contributed by atoms with Crippen molar-refractivity contribution in [1.82, 2.24) is 40.9 Å². The molecule has 3 rings (SSSR count). The molecule has 4 amide bonds. The number of nitrogens with zero attached hydrogens (tertiary/aromatic N) is 4. The summed E-state index contributed by atoms with van der Waals surface area (Å²) in [6.07, 6.45) is 3.04. The quantitative estimate of drug-likeness (QED) is 0.0330. The minimum atomic E-state index is -1.53. The molecule has 544 valence electrons. The normalized spacial score (nSPS) is 15.4. The average molecular weight is 1490 g/mol. The van der Waals surface area contributed by atoms with Gasteiger partial charge in [-0.15, -0.1) is 0 Å². The van der Waals surface area contributed by atoms with Gasteiger partial charge in [0.1, 0.15) is 41.2 Å². The number of hydrogen-bond acceptors (Lipinski definition) is 19. The lowest BCUT2D eigenvalue weighted by molar-refractivity contribution is -0.145. The summed E-state index contributed by atoms with van der Waals surface area (Å²) in [5, 5.41) is 88.2. The average Bonchev–Trinajstić information content (AvgIpc) is 0.864. The van der Waals surface area contributed by atoms with Crippen LogP contribution in [0.5, 0.6) is 5.75 Å². The van der Waals surface area contributed by atoms with Crippen LogP contribution in [-0.4, -0.2) is 246 Å². The lowest BCUT2D eigenvalue weighted by Gasteiger charge is -2.35. The second-order valence-electron chi connectivity index (χ2n) is 24.9. The summed E-state index contributed by atoms with van der Waals surface area (Å²) in [5.41, 5.74) is 1.20. The number of nitrogens with one attached hydrogen (secondary N) is 4. The predicted octanol–water partition coefficient (Wildman–Crippen LogP) is 3.93. The molecule has 1 fully saturated rings. The van der Waals surface area contributed by atoms with Gasteiger partial charge in [-0.3, -0.25) is 72.3 Å². The number of halogens is 1. The number of urea groups is 1. The first-order chi connectivity index (χ1) is 46.5. The summed E-state index contributed by atoms with van der Waals surface area (Å²) >= 11 is 1.91. The highest BCUT2D eigenvalue weighted by molar-refractivity contribution is 14.1. The van der Waals surface area contributed by atoms with E-state index in [1.54, 1.807) is 57.2 Å². The third-order valence-corrected chi connectivity index (χ3v) is 17.7. The Bertz CT molecular complexity index is 2960. The highest BCUT2D eigenvalue weighted by Gasteiger charge is 2.34. The van der Waals surface area contributed by atoms with E-state index < -0.39 is 127 Å². The zero-order chi connectivity index (χ0) is 72.7. The van der Waals surface area contributed by atoms with Crippen LogP contribution in [0.1, 0.15) is 146 Å². The van der Waals surface area contributed by atoms with Crippen molar-refractivity contribution in [1.29, 1.82) is 0 Å². The molecule has 1 aliphatic rings. The SMILES string of the molecule is CC(=O)CN1CCN(CC(=O)O)CCN(C(CCC(=O)C[C@H](Cc2ccc(O)c(I)c2)C(=O)N[C@H](Cc2ccccc2)C(=O)C[C@H](CCCCCC(=O)CCCCCCC(=O)NCCCC[C@H](NC(=O)N[C@@H](CCC(=O)O)C(=O)O)C(=O)O)C(=O)O)C(=O)O)CCN(CC(=O)O)CC1. The van der Waals surface area contributed by atoms with E-state index in [9.17, 15) is 103 Å². The summed E-state index contributed by atoms with van der Waals surface area (Å²) in [7, 11) is 0. The summed E-state index contributed by atoms with van der Waals surface area (Å²) in [4.78, 5) is 183. The molecule has 1 aliphatic heterocycles. The number of ketones is 4. The van der Waals surface area contributed by atoms with E-state index in [2.05, 4.69) is 21.3 Å². The number of benzene rings is 2. The summed E-state index contributed by atoms with van der Waals surface area (Å²) in [6.45, 7) is 2.10. The van der Waals surface area contributed by atoms with Gasteiger partial charge in [-0.2, -0.15) is 0 Å². The highest BCUT2D eigenvalue weighted by atomic mass is 127. The van der Waals surface area contributed by atoms with Crippen LogP contribution in [0, 0.1) is 15.4 Å². The van der Waals surface area contributed by atoms with Gasteiger partial charge in [0.2, 0.25) is 11.8 Å². The molecule has 30 nitrogen and oxygen atoms in total. The zero-order valence-corrected chi connectivity index (χ0v) is 57.7. The molecular formula is C67H97IN8O22. The van der Waals surface area contributed by atoms with Gasteiger partial charge in [0.25, 0.3) is 0 Å². The Morgan fingerprint density at radius 3 is 1.54 bits per heavy atom. The number of unbranched alkanes of at least 4 members (excludes halogenated alkanes) is 6. The first-order valence-corrected chi connectivity index (χ1v) is 34.3. The largest absolute Gasteiger partial charge is 0.507 e. The van der Waals surface area contributed by atoms with Gasteiger partial charge in [0, 0.05) is 110 Å². The molecule has 0 aliphatic carbocycles. The number of carboxylic acids is 7. The van der Waals surface area contributed by atoms with E-state index in [4.69, 9.17) is 5.11 Å². The molecule has 0 saturated carbocycles. The fourth-order valence-electron chi connectivity index (χ4n) is 11.4. The predicted molar refractivity (Wildman–Crippen MR) is 362 cm³/mol. The van der Waals surface area contributed by atoms with Crippen LogP contribution in [0.25, 0.3) is 0 Å². The maximum Gasteiger partial charge on any atom is 0.326 e. The van der Waals surface area contributed by atoms with E-state index in [0.29, 0.717) is 78.9 Å². The molecule has 0 bridgehead atoms. The zero-order valence-electron chi connectivity index (χ0n) is 55.6. The molecule has 31 heteroatoms. The standard InChI is InChI=1S/C67H97IN8O22/c1-44(77)41-73-28-30-74(42-60(85)86)32-34-76(35-33-75(31-29-73)43-61(87)88)55(66(96)97)24-22-50(79)39-48(36-46-21-25-56(80)51(68)37-46)62(89)70-54(38-45-14-6-4-7-15-45)57(81)40-47(63(90)91)16-8-5-10-18-49(78)17-9-2-3-11-20-58(82)69-27-13-12-19-52(64(92)93)71-67(98)72-53(65(94)95)23-26-59(83)84/h4,6-7,14-15,21,25,37,47-48,52-55,80H,2-3,5,8-13,16-20,22-24,26-36,38-43H2,1H3,(H,69,82)(H,70,89)(H,83,84)(H,85,86)(H,87,88)(H,90,91)(H,92,93)(H,94,95)(H,96,97)(H2,71,72,98)/t47-,48-,52-,53-,54+,55?/m0/s1. The summed E-state index contributed by atoms with van der Waals surface area (Å²) in [6, 6.07) is 6.83. The number of phenolic OH excluding ortho intramolecular Hbond substituents is 1. The third-order valence-electron chi connectivity index (χ3n) is 16.8. The maximum atomic E-state index is 14.6. The number of aromatic hydroxyl groups is 1. The second kappa shape index (κ2) is 46.3. The van der Waals surface area contributed by atoms with Crippen molar-refractivity contribution in [3.63, 3.8) is 0 Å². The topological polar surface area (TPSA) is 462 Å². The van der Waals surface area contributed by atoms with Crippen LogP contribution in [0.15, 0.2) is 48.5 Å². The van der Waals surface area contributed by atoms with E-state index >= 15 is 0 Å². The monoisotopic (exact) mass is 1490 g/mol. The molecule has 0 radical (unpaired) electrons. The molecule has 6 atom stereocenters. The van der Waals surface area contributed by atoms with Crippen LogP contribution >= 0.6 is 22.6 Å². The summed E-state index contributed by atoms with van der Waals surface area (Å²) in [5.74, 6) is -13.3. The van der Waals surface area contributed by atoms with Gasteiger partial charge in [0.05, 0.1) is 35.2 Å². The number of phenols is 1. The Labute approximate surface area is 583 Å². The van der Waals surface area contributed by atoms with Crippen molar-refractivity contribution < 1.29 is 108 Å². The Hall–Kier alpha value is -8.01. The molecular weight excluding hydrogens is 1400 g/mol. The van der Waals surface area contributed by atoms with Crippen molar-refractivity contribution in [2.24, 2.45) is 11.8 Å². The fraction of sp³-hybridized carbons (Fsp3) is 0.612. The number of carbonyl (C=O) groups excluding carboxylic acids is 7.